The fourth-order valence-corrected chi connectivity index (χ4v) is 9.62. The van der Waals surface area contributed by atoms with E-state index in [0.29, 0.717) is 0 Å². The number of hydrogen-bond donors (Lipinski definition) is 0. The fraction of sp³-hybridized carbons (Fsp3) is 0. The lowest BCUT2D eigenvalue weighted by Crippen LogP contribution is -1.93. The third-order valence-corrected chi connectivity index (χ3v) is 12.8. The molecule has 12 aromatic carbocycles. The molecule has 0 N–H and O–H groups in total. The van der Waals surface area contributed by atoms with Gasteiger partial charge in [0.2, 0.25) is 0 Å². The van der Waals surface area contributed by atoms with E-state index in [9.17, 15) is 0 Å². The highest BCUT2D eigenvalue weighted by Crippen LogP contribution is 2.46. The molecule has 288 valence electrons. The summed E-state index contributed by atoms with van der Waals surface area (Å²) < 4.78 is 0. The van der Waals surface area contributed by atoms with Crippen LogP contribution in [0.1, 0.15) is 0 Å². The Morgan fingerprint density at radius 2 is 0.419 bits per heavy atom. The van der Waals surface area contributed by atoms with Gasteiger partial charge < -0.3 is 0 Å². The van der Waals surface area contributed by atoms with Gasteiger partial charge in [0, 0.05) is 0 Å². The zero-order valence-corrected chi connectivity index (χ0v) is 34.1. The average molecular weight is 785 g/mol. The van der Waals surface area contributed by atoms with E-state index in [0.717, 1.165) is 0 Å². The molecule has 0 radical (unpaired) electrons. The van der Waals surface area contributed by atoms with Gasteiger partial charge in [0.15, 0.2) is 0 Å². The molecule has 0 amide bonds. The Bertz CT molecular complexity index is 3420. The maximum Gasteiger partial charge on any atom is -0.00266 e. The predicted octanol–water partition coefficient (Wildman–Crippen LogP) is 17.5. The molecule has 0 aliphatic carbocycles. The van der Waals surface area contributed by atoms with Crippen LogP contribution in [0.4, 0.5) is 0 Å². The highest BCUT2D eigenvalue weighted by molar-refractivity contribution is 6.13. The Morgan fingerprint density at radius 1 is 0.161 bits per heavy atom. The molecule has 0 fully saturated rings. The van der Waals surface area contributed by atoms with Crippen LogP contribution in [-0.4, -0.2) is 0 Å². The molecule has 62 heavy (non-hydrogen) atoms. The Labute approximate surface area is 361 Å². The van der Waals surface area contributed by atoms with Crippen LogP contribution in [0.3, 0.4) is 0 Å². The summed E-state index contributed by atoms with van der Waals surface area (Å²) in [5.41, 5.74) is 14.6. The molecule has 0 saturated heterocycles. The molecular weight excluding hydrogens is 745 g/mol. The number of hydrogen-bond acceptors (Lipinski definition) is 0. The van der Waals surface area contributed by atoms with E-state index in [1.165, 1.54) is 121 Å². The Hall–Kier alpha value is -8.06. The molecule has 0 heterocycles. The van der Waals surface area contributed by atoms with E-state index in [-0.39, 0.29) is 0 Å². The largest absolute Gasteiger partial charge is 0.0616 e. The highest BCUT2D eigenvalue weighted by atomic mass is 14.2. The second kappa shape index (κ2) is 14.9. The Morgan fingerprint density at radius 3 is 0.758 bits per heavy atom. The minimum absolute atomic E-state index is 1.19. The van der Waals surface area contributed by atoms with E-state index in [2.05, 4.69) is 243 Å². The minimum Gasteiger partial charge on any atom is -0.0616 e. The van der Waals surface area contributed by atoms with Crippen LogP contribution < -0.4 is 0 Å². The molecule has 0 aliphatic heterocycles. The molecule has 0 bridgehead atoms. The lowest BCUT2D eigenvalue weighted by Gasteiger charge is -2.20. The van der Waals surface area contributed by atoms with E-state index >= 15 is 0 Å². The van der Waals surface area contributed by atoms with E-state index in [1.807, 2.05) is 0 Å². The average Bonchev–Trinajstić information content (AvgIpc) is 3.35. The van der Waals surface area contributed by atoms with E-state index < -0.39 is 0 Å². The third-order valence-electron chi connectivity index (χ3n) is 12.8. The van der Waals surface area contributed by atoms with Gasteiger partial charge in [0.1, 0.15) is 0 Å². The monoisotopic (exact) mass is 784 g/mol. The molecule has 0 heteroatoms. The van der Waals surface area contributed by atoms with Gasteiger partial charge in [-0.1, -0.05) is 218 Å². The quantitative estimate of drug-likeness (QED) is 0.158. The second-order valence-electron chi connectivity index (χ2n) is 16.5. The van der Waals surface area contributed by atoms with Crippen molar-refractivity contribution in [2.45, 2.75) is 0 Å². The number of rotatable bonds is 6. The summed E-state index contributed by atoms with van der Waals surface area (Å²) in [6.45, 7) is 0. The van der Waals surface area contributed by atoms with Crippen LogP contribution in [0.2, 0.25) is 0 Å². The summed E-state index contributed by atoms with van der Waals surface area (Å²) in [6, 6.07) is 89.7. The van der Waals surface area contributed by atoms with Gasteiger partial charge >= 0.3 is 0 Å². The van der Waals surface area contributed by atoms with Crippen molar-refractivity contribution in [1.82, 2.24) is 0 Å². The first-order chi connectivity index (χ1) is 30.7. The van der Waals surface area contributed by atoms with Crippen molar-refractivity contribution < 1.29 is 0 Å². The predicted molar refractivity (Wildman–Crippen MR) is 267 cm³/mol. The first kappa shape index (κ1) is 35.8. The van der Waals surface area contributed by atoms with Gasteiger partial charge in [0.05, 0.1) is 0 Å². The molecular formula is C62H40. The molecule has 0 nitrogen and oxygen atoms in total. The molecule has 12 aromatic rings. The first-order valence-corrected chi connectivity index (χ1v) is 21.5. The van der Waals surface area contributed by atoms with Crippen LogP contribution in [0.15, 0.2) is 243 Å². The van der Waals surface area contributed by atoms with Gasteiger partial charge in [-0.15, -0.1) is 0 Å². The Kier molecular flexibility index (Phi) is 8.61. The molecule has 0 unspecified atom stereocenters. The highest BCUT2D eigenvalue weighted by Gasteiger charge is 2.19. The zero-order valence-electron chi connectivity index (χ0n) is 34.1. The maximum absolute atomic E-state index is 2.37. The molecule has 0 aliphatic rings. The number of benzene rings is 12. The zero-order chi connectivity index (χ0) is 41.0. The summed E-state index contributed by atoms with van der Waals surface area (Å²) in [6.07, 6.45) is 0. The fourth-order valence-electron chi connectivity index (χ4n) is 9.62. The van der Waals surface area contributed by atoms with Crippen LogP contribution in [0, 0.1) is 0 Å². The first-order valence-electron chi connectivity index (χ1n) is 21.5. The molecule has 0 atom stereocenters. The summed E-state index contributed by atoms with van der Waals surface area (Å²) in [4.78, 5) is 0. The Balaban J connectivity index is 1.07. The van der Waals surface area contributed by atoms with Crippen molar-refractivity contribution in [3.63, 3.8) is 0 Å². The number of fused-ring (bicyclic) bond motifs is 5. The van der Waals surface area contributed by atoms with Gasteiger partial charge in [-0.25, -0.2) is 0 Å². The third kappa shape index (κ3) is 6.33. The second-order valence-corrected chi connectivity index (χ2v) is 16.5. The normalized spacial score (nSPS) is 11.5. The molecule has 0 aromatic heterocycles. The smallest absolute Gasteiger partial charge is 0.00266 e. The molecule has 0 spiro atoms. The van der Waals surface area contributed by atoms with Crippen molar-refractivity contribution >= 4 is 53.9 Å². The summed E-state index contributed by atoms with van der Waals surface area (Å²) in [5.74, 6) is 0. The lowest BCUT2D eigenvalue weighted by molar-refractivity contribution is 1.59. The van der Waals surface area contributed by atoms with Crippen LogP contribution in [0.5, 0.6) is 0 Å². The minimum atomic E-state index is 1.19. The molecule has 0 saturated carbocycles. The van der Waals surface area contributed by atoms with Crippen LogP contribution >= 0.6 is 0 Å². The van der Waals surface area contributed by atoms with Gasteiger partial charge in [-0.2, -0.15) is 0 Å². The van der Waals surface area contributed by atoms with Crippen molar-refractivity contribution in [1.29, 1.82) is 0 Å². The van der Waals surface area contributed by atoms with Crippen molar-refractivity contribution in [3.8, 4) is 66.8 Å². The summed E-state index contributed by atoms with van der Waals surface area (Å²) in [5, 5.41) is 12.4. The summed E-state index contributed by atoms with van der Waals surface area (Å²) in [7, 11) is 0. The van der Waals surface area contributed by atoms with Gasteiger partial charge in [0.25, 0.3) is 0 Å². The van der Waals surface area contributed by atoms with Crippen molar-refractivity contribution in [2.75, 3.05) is 0 Å². The van der Waals surface area contributed by atoms with Gasteiger partial charge in [-0.3, -0.25) is 0 Å². The van der Waals surface area contributed by atoms with Crippen molar-refractivity contribution in [3.05, 3.63) is 243 Å². The van der Waals surface area contributed by atoms with Crippen molar-refractivity contribution in [2.24, 2.45) is 0 Å². The van der Waals surface area contributed by atoms with Crippen LogP contribution in [0.25, 0.3) is 121 Å². The topological polar surface area (TPSA) is 0 Å². The van der Waals surface area contributed by atoms with Crippen LogP contribution in [-0.2, 0) is 0 Å². The molecule has 12 rings (SSSR count). The van der Waals surface area contributed by atoms with E-state index in [1.54, 1.807) is 0 Å². The maximum atomic E-state index is 2.37. The van der Waals surface area contributed by atoms with E-state index in [4.69, 9.17) is 0 Å². The standard InChI is InChI=1S/C62H40/c1-5-13-49-37-53(29-21-41(49)9-1)45-17-25-47(26-18-45)61-57(55-31-23-43-11-3-7-15-51(43)39-55)33-36-60-59(61)35-34-58(56-32-24-44-12-4-8-16-52(44)40-56)62(60)48-27-19-46(20-28-48)54-30-22-42-10-2-6-14-50(42)38-54/h1-40H. The summed E-state index contributed by atoms with van der Waals surface area (Å²) >= 11 is 0. The van der Waals surface area contributed by atoms with Gasteiger partial charge in [-0.05, 0) is 145 Å². The lowest BCUT2D eigenvalue weighted by atomic mass is 9.83. The SMILES string of the molecule is c1ccc2cc(-c3ccc(-c4c(-c5ccc6ccccc6c5)ccc5c(-c6ccc(-c7ccc8ccccc8c7)cc6)c(-c6ccc7ccccc7c6)ccc45)cc3)ccc2c1.